The fourth-order valence-corrected chi connectivity index (χ4v) is 2.36. The predicted molar refractivity (Wildman–Crippen MR) is 64.3 cm³/mol. The van der Waals surface area contributed by atoms with E-state index in [0.717, 1.165) is 0 Å². The Balaban J connectivity index is 2.32. The molecule has 1 aliphatic heterocycles. The van der Waals surface area contributed by atoms with Crippen LogP contribution in [0.5, 0.6) is 0 Å². The van der Waals surface area contributed by atoms with Gasteiger partial charge >= 0.3 is 7.62 Å². The highest BCUT2D eigenvalue weighted by Gasteiger charge is 2.42. The van der Waals surface area contributed by atoms with Crippen molar-refractivity contribution in [3.63, 3.8) is 0 Å². The Morgan fingerprint density at radius 1 is 1.38 bits per heavy atom. The molecular formula is C12H16BNO2. The third kappa shape index (κ3) is 1.90. The maximum absolute atomic E-state index is 11.6. The molecule has 1 unspecified atom stereocenters. The molecule has 0 saturated carbocycles. The van der Waals surface area contributed by atoms with Crippen LogP contribution < -0.4 is 0 Å². The summed E-state index contributed by atoms with van der Waals surface area (Å²) in [5, 5.41) is 0. The molecule has 0 radical (unpaired) electrons. The molecule has 0 spiro atoms. The van der Waals surface area contributed by atoms with Crippen LogP contribution in [0.15, 0.2) is 30.3 Å². The molecule has 1 aromatic carbocycles. The molecule has 3 nitrogen and oxygen atoms in total. The number of rotatable bonds is 3. The van der Waals surface area contributed by atoms with E-state index in [0.29, 0.717) is 20.6 Å². The summed E-state index contributed by atoms with van der Waals surface area (Å²) in [4.78, 5) is 13.7. The van der Waals surface area contributed by atoms with Crippen molar-refractivity contribution in [3.05, 3.63) is 35.9 Å². The van der Waals surface area contributed by atoms with Gasteiger partial charge in [-0.15, -0.1) is 0 Å². The molecule has 1 aliphatic rings. The lowest BCUT2D eigenvalue weighted by atomic mass is 9.86. The van der Waals surface area contributed by atoms with Gasteiger partial charge in [-0.05, 0) is 12.5 Å². The minimum atomic E-state index is -0.214. The molecule has 2 rings (SSSR count). The number of ketones is 1. The SMILES string of the molecule is COBN1CC(=O)CC1(C)c1ccccc1. The fourth-order valence-electron chi connectivity index (χ4n) is 2.36. The topological polar surface area (TPSA) is 29.5 Å². The van der Waals surface area contributed by atoms with Crippen molar-refractivity contribution in [1.29, 1.82) is 0 Å². The van der Waals surface area contributed by atoms with Crippen LogP contribution >= 0.6 is 0 Å². The Bertz CT molecular complexity index is 382. The van der Waals surface area contributed by atoms with E-state index >= 15 is 0 Å². The molecule has 4 heteroatoms. The second-order valence-electron chi connectivity index (χ2n) is 4.47. The van der Waals surface area contributed by atoms with Crippen molar-refractivity contribution in [2.45, 2.75) is 18.9 Å². The fraction of sp³-hybridized carbons (Fsp3) is 0.417. The monoisotopic (exact) mass is 217 g/mol. The van der Waals surface area contributed by atoms with Gasteiger partial charge < -0.3 is 9.47 Å². The average Bonchev–Trinajstić information content (AvgIpc) is 2.57. The van der Waals surface area contributed by atoms with Crippen LogP contribution in [-0.4, -0.2) is 31.9 Å². The summed E-state index contributed by atoms with van der Waals surface area (Å²) in [5.41, 5.74) is 0.965. The first-order valence-electron chi connectivity index (χ1n) is 5.48. The quantitative estimate of drug-likeness (QED) is 0.709. The van der Waals surface area contributed by atoms with Crippen LogP contribution in [0.2, 0.25) is 0 Å². The molecule has 0 N–H and O–H groups in total. The van der Waals surface area contributed by atoms with Crippen LogP contribution in [0.3, 0.4) is 0 Å². The Hall–Kier alpha value is -1.13. The zero-order valence-corrected chi connectivity index (χ0v) is 9.77. The molecule has 1 heterocycles. The lowest BCUT2D eigenvalue weighted by molar-refractivity contribution is -0.116. The maximum Gasteiger partial charge on any atom is 0.364 e. The number of carbonyl (C=O) groups is 1. The van der Waals surface area contributed by atoms with Gasteiger partial charge in [0.2, 0.25) is 0 Å². The summed E-state index contributed by atoms with van der Waals surface area (Å²) in [5.74, 6) is 0.281. The molecule has 84 valence electrons. The summed E-state index contributed by atoms with van der Waals surface area (Å²) >= 11 is 0. The third-order valence-electron chi connectivity index (χ3n) is 3.29. The van der Waals surface area contributed by atoms with Gasteiger partial charge in [0.25, 0.3) is 0 Å². The molecular weight excluding hydrogens is 201 g/mol. The van der Waals surface area contributed by atoms with Gasteiger partial charge in [-0.25, -0.2) is 0 Å². The van der Waals surface area contributed by atoms with Gasteiger partial charge in [0.15, 0.2) is 0 Å². The number of benzene rings is 1. The van der Waals surface area contributed by atoms with E-state index in [2.05, 4.69) is 23.9 Å². The van der Waals surface area contributed by atoms with Crippen molar-refractivity contribution in [1.82, 2.24) is 4.81 Å². The van der Waals surface area contributed by atoms with E-state index in [-0.39, 0.29) is 11.3 Å². The second kappa shape index (κ2) is 4.40. The molecule has 0 bridgehead atoms. The molecule has 16 heavy (non-hydrogen) atoms. The average molecular weight is 217 g/mol. The van der Waals surface area contributed by atoms with E-state index in [9.17, 15) is 4.79 Å². The summed E-state index contributed by atoms with van der Waals surface area (Å²) in [6.07, 6.45) is 0.570. The highest BCUT2D eigenvalue weighted by atomic mass is 16.4. The van der Waals surface area contributed by atoms with Gasteiger partial charge in [0, 0.05) is 25.6 Å². The minimum absolute atomic E-state index is 0.214. The molecule has 1 atom stereocenters. The number of hydrogen-bond donors (Lipinski definition) is 0. The lowest BCUT2D eigenvalue weighted by Gasteiger charge is -2.34. The Morgan fingerprint density at radius 2 is 2.06 bits per heavy atom. The molecule has 0 aliphatic carbocycles. The van der Waals surface area contributed by atoms with Crippen LogP contribution in [0.1, 0.15) is 18.9 Å². The van der Waals surface area contributed by atoms with Gasteiger partial charge in [0.1, 0.15) is 5.78 Å². The van der Waals surface area contributed by atoms with E-state index in [4.69, 9.17) is 4.65 Å². The largest absolute Gasteiger partial charge is 0.427 e. The lowest BCUT2D eigenvalue weighted by Crippen LogP contribution is -2.41. The van der Waals surface area contributed by atoms with E-state index in [1.807, 2.05) is 18.2 Å². The minimum Gasteiger partial charge on any atom is -0.427 e. The first kappa shape index (κ1) is 11.4. The number of hydrogen-bond acceptors (Lipinski definition) is 3. The Labute approximate surface area is 96.7 Å². The third-order valence-corrected chi connectivity index (χ3v) is 3.29. The first-order valence-corrected chi connectivity index (χ1v) is 5.48. The zero-order chi connectivity index (χ0) is 11.6. The van der Waals surface area contributed by atoms with Crippen molar-refractivity contribution >= 4 is 13.4 Å². The predicted octanol–water partition coefficient (Wildman–Crippen LogP) is 1.09. The number of nitrogens with zero attached hydrogens (tertiary/aromatic N) is 1. The van der Waals surface area contributed by atoms with E-state index < -0.39 is 0 Å². The van der Waals surface area contributed by atoms with Crippen molar-refractivity contribution in [2.75, 3.05) is 13.7 Å². The van der Waals surface area contributed by atoms with Gasteiger partial charge in [-0.2, -0.15) is 0 Å². The molecule has 0 amide bonds. The van der Waals surface area contributed by atoms with Crippen molar-refractivity contribution < 1.29 is 9.45 Å². The maximum atomic E-state index is 11.6. The molecule has 0 aromatic heterocycles. The highest BCUT2D eigenvalue weighted by Crippen LogP contribution is 2.35. The number of Topliss-reactive ketones (excluding diaryl/α,β-unsaturated/α-hetero) is 1. The Kier molecular flexibility index (Phi) is 3.12. The van der Waals surface area contributed by atoms with Crippen LogP contribution in [-0.2, 0) is 15.0 Å². The first-order chi connectivity index (χ1) is 7.66. The molecule has 1 fully saturated rings. The summed E-state index contributed by atoms with van der Waals surface area (Å²) < 4.78 is 5.16. The second-order valence-corrected chi connectivity index (χ2v) is 4.47. The van der Waals surface area contributed by atoms with Crippen LogP contribution in [0, 0.1) is 0 Å². The smallest absolute Gasteiger partial charge is 0.364 e. The zero-order valence-electron chi connectivity index (χ0n) is 9.77. The summed E-state index contributed by atoms with van der Waals surface area (Å²) in [6.45, 7) is 2.59. The summed E-state index contributed by atoms with van der Waals surface area (Å²) in [6, 6.07) is 10.1. The summed E-state index contributed by atoms with van der Waals surface area (Å²) in [7, 11) is 2.16. The Morgan fingerprint density at radius 3 is 2.69 bits per heavy atom. The van der Waals surface area contributed by atoms with Gasteiger partial charge in [0.05, 0.1) is 0 Å². The van der Waals surface area contributed by atoms with Crippen molar-refractivity contribution in [3.8, 4) is 0 Å². The van der Waals surface area contributed by atoms with Crippen molar-refractivity contribution in [2.24, 2.45) is 0 Å². The number of carbonyl (C=O) groups excluding carboxylic acids is 1. The highest BCUT2D eigenvalue weighted by molar-refractivity contribution is 6.25. The van der Waals surface area contributed by atoms with E-state index in [1.54, 1.807) is 7.11 Å². The van der Waals surface area contributed by atoms with Crippen LogP contribution in [0.25, 0.3) is 0 Å². The van der Waals surface area contributed by atoms with Crippen LogP contribution in [0.4, 0.5) is 0 Å². The van der Waals surface area contributed by atoms with Gasteiger partial charge in [-0.3, -0.25) is 4.79 Å². The van der Waals surface area contributed by atoms with E-state index in [1.165, 1.54) is 5.56 Å². The standard InChI is InChI=1S/C12H16BNO2/c1-12(10-6-4-3-5-7-10)8-11(15)9-14(12)13-16-2/h3-7,13H,8-9H2,1-2H3. The normalized spacial score (nSPS) is 26.0. The molecule has 1 aromatic rings. The molecule has 1 saturated heterocycles. The van der Waals surface area contributed by atoms with Gasteiger partial charge in [-0.1, -0.05) is 30.3 Å².